The second kappa shape index (κ2) is 14.2. The lowest BCUT2D eigenvalue weighted by Gasteiger charge is -2.17. The summed E-state index contributed by atoms with van der Waals surface area (Å²) >= 11 is 0. The summed E-state index contributed by atoms with van der Waals surface area (Å²) in [5.41, 5.74) is 6.30. The van der Waals surface area contributed by atoms with Gasteiger partial charge < -0.3 is 16.4 Å². The first kappa shape index (κ1) is 24.2. The van der Waals surface area contributed by atoms with Gasteiger partial charge in [-0.2, -0.15) is 0 Å². The minimum absolute atomic E-state index is 0.0773. The highest BCUT2D eigenvalue weighted by atomic mass is 16.2. The van der Waals surface area contributed by atoms with Crippen molar-refractivity contribution in [3.63, 3.8) is 0 Å². The number of nitrogens with one attached hydrogen (secondary N) is 2. The Morgan fingerprint density at radius 3 is 2.31 bits per heavy atom. The molecule has 0 aliphatic carbocycles. The van der Waals surface area contributed by atoms with Crippen molar-refractivity contribution in [2.75, 3.05) is 13.1 Å². The van der Waals surface area contributed by atoms with Crippen molar-refractivity contribution >= 4 is 30.2 Å². The van der Waals surface area contributed by atoms with Crippen molar-refractivity contribution in [1.82, 2.24) is 10.6 Å². The fourth-order valence-electron chi connectivity index (χ4n) is 2.74. The van der Waals surface area contributed by atoms with Gasteiger partial charge in [0.25, 0.3) is 0 Å². The summed E-state index contributed by atoms with van der Waals surface area (Å²) in [7, 11) is 0. The van der Waals surface area contributed by atoms with Crippen molar-refractivity contribution in [2.24, 2.45) is 10.7 Å². The van der Waals surface area contributed by atoms with Crippen molar-refractivity contribution in [2.45, 2.75) is 51.0 Å². The molecule has 1 rings (SSSR count). The molecule has 0 spiro atoms. The molecule has 29 heavy (non-hydrogen) atoms. The van der Waals surface area contributed by atoms with Crippen LogP contribution in [0.5, 0.6) is 0 Å². The van der Waals surface area contributed by atoms with E-state index in [0.717, 1.165) is 5.56 Å². The van der Waals surface area contributed by atoms with Gasteiger partial charge in [0.05, 0.1) is 12.6 Å². The molecule has 0 aliphatic heterocycles. The van der Waals surface area contributed by atoms with Crippen LogP contribution in [0.15, 0.2) is 35.3 Å². The van der Waals surface area contributed by atoms with Crippen LogP contribution in [0.4, 0.5) is 0 Å². The standard InChI is InChI=1S/C21H30N4O4/c1-23-19(27)12-7-13-24-20(28)11-6-5-10-18(26)17(25-21(29)15-22)14-16-8-3-2-4-9-16/h2-4,8-9,17H,1,5-7,10-15,22H2,(H,24,28)(H,25,29). The number of carbonyl (C=O) groups excluding carboxylic acids is 4. The van der Waals surface area contributed by atoms with Crippen molar-refractivity contribution in [1.29, 1.82) is 0 Å². The minimum atomic E-state index is -0.627. The van der Waals surface area contributed by atoms with Crippen LogP contribution in [0.2, 0.25) is 0 Å². The molecule has 8 heteroatoms. The SMILES string of the molecule is C=NC(=O)CCCNC(=O)CCCCC(=O)C(Cc1ccccc1)NC(=O)CN. The Hall–Kier alpha value is -2.87. The van der Waals surface area contributed by atoms with Crippen LogP contribution in [0.3, 0.4) is 0 Å². The first-order valence-electron chi connectivity index (χ1n) is 9.78. The number of nitrogens with two attached hydrogens (primary N) is 1. The summed E-state index contributed by atoms with van der Waals surface area (Å²) < 4.78 is 0. The van der Waals surface area contributed by atoms with Crippen LogP contribution in [-0.4, -0.2) is 49.4 Å². The van der Waals surface area contributed by atoms with Crippen LogP contribution in [-0.2, 0) is 25.6 Å². The summed E-state index contributed by atoms with van der Waals surface area (Å²) in [4.78, 5) is 50.2. The maximum atomic E-state index is 12.5. The second-order valence-electron chi connectivity index (χ2n) is 6.69. The monoisotopic (exact) mass is 402 g/mol. The Balaban J connectivity index is 2.34. The van der Waals surface area contributed by atoms with Crippen molar-refractivity contribution in [3.8, 4) is 0 Å². The van der Waals surface area contributed by atoms with Gasteiger partial charge in [-0.15, -0.1) is 0 Å². The third kappa shape index (κ3) is 10.9. The van der Waals surface area contributed by atoms with E-state index < -0.39 is 6.04 Å². The number of ketones is 1. The molecular weight excluding hydrogens is 372 g/mol. The second-order valence-corrected chi connectivity index (χ2v) is 6.69. The third-order valence-corrected chi connectivity index (χ3v) is 4.33. The lowest BCUT2D eigenvalue weighted by Crippen LogP contribution is -2.44. The Morgan fingerprint density at radius 1 is 0.966 bits per heavy atom. The molecule has 0 saturated heterocycles. The largest absolute Gasteiger partial charge is 0.356 e. The first-order chi connectivity index (χ1) is 14.0. The molecule has 0 aromatic heterocycles. The highest BCUT2D eigenvalue weighted by molar-refractivity contribution is 5.89. The van der Waals surface area contributed by atoms with Gasteiger partial charge in [0.2, 0.25) is 17.7 Å². The molecule has 1 unspecified atom stereocenters. The Kier molecular flexibility index (Phi) is 11.8. The Labute approximate surface area is 171 Å². The van der Waals surface area contributed by atoms with Crippen LogP contribution >= 0.6 is 0 Å². The molecule has 0 bridgehead atoms. The highest BCUT2D eigenvalue weighted by Gasteiger charge is 2.20. The van der Waals surface area contributed by atoms with E-state index in [0.29, 0.717) is 38.6 Å². The van der Waals surface area contributed by atoms with E-state index in [-0.39, 0.29) is 42.9 Å². The molecule has 0 aliphatic rings. The lowest BCUT2D eigenvalue weighted by molar-refractivity contribution is -0.127. The van der Waals surface area contributed by atoms with Crippen LogP contribution in [0.25, 0.3) is 0 Å². The van der Waals surface area contributed by atoms with Crippen molar-refractivity contribution in [3.05, 3.63) is 35.9 Å². The van der Waals surface area contributed by atoms with Gasteiger partial charge in [0.1, 0.15) is 0 Å². The first-order valence-corrected chi connectivity index (χ1v) is 9.78. The Morgan fingerprint density at radius 2 is 1.66 bits per heavy atom. The minimum Gasteiger partial charge on any atom is -0.356 e. The van der Waals surface area contributed by atoms with Crippen LogP contribution in [0, 0.1) is 0 Å². The molecule has 1 aromatic carbocycles. The number of Topliss-reactive ketones (excluding diaryl/α,β-unsaturated/α-hetero) is 1. The summed E-state index contributed by atoms with van der Waals surface area (Å²) in [6.07, 6.45) is 2.88. The number of aliphatic imine (C=N–C) groups is 1. The fourth-order valence-corrected chi connectivity index (χ4v) is 2.74. The number of rotatable bonds is 14. The number of hydrogen-bond acceptors (Lipinski definition) is 5. The molecule has 3 amide bonds. The fraction of sp³-hybridized carbons (Fsp3) is 0.476. The van der Waals surface area contributed by atoms with Gasteiger partial charge in [-0.3, -0.25) is 19.2 Å². The predicted octanol–water partition coefficient (Wildman–Crippen LogP) is 0.926. The highest BCUT2D eigenvalue weighted by Crippen LogP contribution is 2.09. The molecule has 158 valence electrons. The predicted molar refractivity (Wildman–Crippen MR) is 111 cm³/mol. The van der Waals surface area contributed by atoms with E-state index in [9.17, 15) is 19.2 Å². The lowest BCUT2D eigenvalue weighted by atomic mass is 9.98. The van der Waals surface area contributed by atoms with Crippen LogP contribution < -0.4 is 16.4 Å². The maximum Gasteiger partial charge on any atom is 0.245 e. The van der Waals surface area contributed by atoms with Crippen LogP contribution in [0.1, 0.15) is 44.1 Å². The number of unbranched alkanes of at least 4 members (excludes halogenated alkanes) is 1. The summed E-state index contributed by atoms with van der Waals surface area (Å²) in [6.45, 7) is 3.38. The summed E-state index contributed by atoms with van der Waals surface area (Å²) in [5.74, 6) is -0.853. The molecule has 8 nitrogen and oxygen atoms in total. The molecular formula is C21H30N4O4. The number of benzene rings is 1. The molecule has 0 radical (unpaired) electrons. The molecule has 0 saturated carbocycles. The van der Waals surface area contributed by atoms with Gasteiger partial charge in [0, 0.05) is 25.8 Å². The zero-order valence-electron chi connectivity index (χ0n) is 16.7. The van der Waals surface area contributed by atoms with E-state index in [1.807, 2.05) is 30.3 Å². The normalized spacial score (nSPS) is 11.3. The van der Waals surface area contributed by atoms with Gasteiger partial charge in [-0.1, -0.05) is 30.3 Å². The average Bonchev–Trinajstić information content (AvgIpc) is 2.74. The number of carbonyl (C=O) groups is 4. The number of nitrogens with zero attached hydrogens (tertiary/aromatic N) is 1. The zero-order valence-corrected chi connectivity index (χ0v) is 16.7. The van der Waals surface area contributed by atoms with E-state index in [1.165, 1.54) is 0 Å². The van der Waals surface area contributed by atoms with E-state index >= 15 is 0 Å². The molecule has 1 aromatic rings. The molecule has 4 N–H and O–H groups in total. The van der Waals surface area contributed by atoms with Gasteiger partial charge >= 0.3 is 0 Å². The average molecular weight is 402 g/mol. The number of hydrogen-bond donors (Lipinski definition) is 3. The van der Waals surface area contributed by atoms with Gasteiger partial charge in [-0.25, -0.2) is 4.99 Å². The van der Waals surface area contributed by atoms with Gasteiger partial charge in [-0.05, 0) is 38.0 Å². The topological polar surface area (TPSA) is 131 Å². The molecule has 0 fully saturated rings. The maximum absolute atomic E-state index is 12.5. The third-order valence-electron chi connectivity index (χ3n) is 4.33. The van der Waals surface area contributed by atoms with E-state index in [1.54, 1.807) is 0 Å². The smallest absolute Gasteiger partial charge is 0.245 e. The summed E-state index contributed by atoms with van der Waals surface area (Å²) in [5, 5.41) is 5.41. The van der Waals surface area contributed by atoms with E-state index in [4.69, 9.17) is 5.73 Å². The quantitative estimate of drug-likeness (QED) is 0.315. The van der Waals surface area contributed by atoms with E-state index in [2.05, 4.69) is 22.3 Å². The zero-order chi connectivity index (χ0) is 21.5. The molecule has 1 atom stereocenters. The van der Waals surface area contributed by atoms with Gasteiger partial charge in [0.15, 0.2) is 5.78 Å². The number of amides is 3. The summed E-state index contributed by atoms with van der Waals surface area (Å²) in [6, 6.07) is 8.82. The van der Waals surface area contributed by atoms with Crippen molar-refractivity contribution < 1.29 is 19.2 Å². The molecule has 0 heterocycles. The Bertz CT molecular complexity index is 691.